The van der Waals surface area contributed by atoms with Gasteiger partial charge in [-0.3, -0.25) is 9.69 Å². The van der Waals surface area contributed by atoms with Crippen LogP contribution in [0.1, 0.15) is 29.3 Å². The van der Waals surface area contributed by atoms with Gasteiger partial charge in [-0.25, -0.2) is 9.78 Å². The summed E-state index contributed by atoms with van der Waals surface area (Å²) in [5.74, 6) is -0.729. The highest BCUT2D eigenvalue weighted by molar-refractivity contribution is 7.14. The molecule has 0 radical (unpaired) electrons. The number of esters is 1. The molecule has 0 bridgehead atoms. The molecule has 0 N–H and O–H groups in total. The Morgan fingerprint density at radius 1 is 1.15 bits per heavy atom. The summed E-state index contributed by atoms with van der Waals surface area (Å²) in [6.07, 6.45) is 2.73. The number of thiazole rings is 1. The van der Waals surface area contributed by atoms with Gasteiger partial charge in [0.1, 0.15) is 12.4 Å². The van der Waals surface area contributed by atoms with Gasteiger partial charge >= 0.3 is 12.6 Å². The third kappa shape index (κ3) is 6.69. The van der Waals surface area contributed by atoms with E-state index >= 15 is 0 Å². The summed E-state index contributed by atoms with van der Waals surface area (Å²) in [7, 11) is 0. The molecule has 2 aromatic carbocycles. The van der Waals surface area contributed by atoms with Crippen LogP contribution in [0, 0.1) is 13.8 Å². The van der Waals surface area contributed by atoms with E-state index < -0.39 is 12.6 Å². The second-order valence-electron chi connectivity index (χ2n) is 7.15. The van der Waals surface area contributed by atoms with Crippen molar-refractivity contribution in [2.24, 2.45) is 0 Å². The number of hydrogen-bond acceptors (Lipinski definition) is 6. The molecule has 0 aliphatic rings. The van der Waals surface area contributed by atoms with Gasteiger partial charge in [0.15, 0.2) is 5.13 Å². The first kappa shape index (κ1) is 24.1. The molecule has 1 amide bonds. The molecule has 1 aromatic heterocycles. The highest BCUT2D eigenvalue weighted by atomic mass is 32.1. The Morgan fingerprint density at radius 3 is 2.52 bits per heavy atom. The Morgan fingerprint density at radius 2 is 1.88 bits per heavy atom. The lowest BCUT2D eigenvalue weighted by atomic mass is 10.1. The molecule has 9 heteroatoms. The minimum Gasteiger partial charge on any atom is -0.456 e. The monoisotopic (exact) mass is 472 g/mol. The number of nitrogens with zero attached hydrogens (tertiary/aromatic N) is 2. The van der Waals surface area contributed by atoms with Gasteiger partial charge in [-0.1, -0.05) is 29.8 Å². The smallest absolute Gasteiger partial charge is 0.387 e. The molecular weight excluding hydrogens is 450 g/mol. The van der Waals surface area contributed by atoms with Crippen LogP contribution in [0.4, 0.5) is 19.6 Å². The van der Waals surface area contributed by atoms with Crippen molar-refractivity contribution in [2.45, 2.75) is 34.0 Å². The third-order valence-corrected chi connectivity index (χ3v) is 5.39. The number of rotatable bonds is 8. The minimum absolute atomic E-state index is 0.0319. The number of halogens is 2. The van der Waals surface area contributed by atoms with E-state index in [1.54, 1.807) is 5.38 Å². The zero-order chi connectivity index (χ0) is 24.0. The molecule has 0 aliphatic heterocycles. The Balaban J connectivity index is 1.61. The van der Waals surface area contributed by atoms with Crippen LogP contribution in [-0.4, -0.2) is 23.5 Å². The minimum atomic E-state index is -2.89. The van der Waals surface area contributed by atoms with Gasteiger partial charge in [-0.2, -0.15) is 8.78 Å². The van der Waals surface area contributed by atoms with E-state index in [0.29, 0.717) is 16.4 Å². The predicted octanol–water partition coefficient (Wildman–Crippen LogP) is 5.80. The molecule has 0 aliphatic carbocycles. The molecule has 3 rings (SSSR count). The molecule has 172 valence electrons. The number of anilines is 2. The van der Waals surface area contributed by atoms with Crippen LogP contribution in [0.3, 0.4) is 0 Å². The van der Waals surface area contributed by atoms with Gasteiger partial charge in [0.05, 0.1) is 11.4 Å². The average molecular weight is 473 g/mol. The Hall–Kier alpha value is -3.59. The molecule has 0 fully saturated rings. The predicted molar refractivity (Wildman–Crippen MR) is 123 cm³/mol. The van der Waals surface area contributed by atoms with Crippen molar-refractivity contribution >= 4 is 40.1 Å². The lowest BCUT2D eigenvalue weighted by molar-refractivity contribution is -0.139. The Bertz CT molecular complexity index is 1160. The summed E-state index contributed by atoms with van der Waals surface area (Å²) in [5.41, 5.74) is 3.93. The molecular formula is C24H22F2N2O4S. The number of aromatic nitrogens is 1. The second kappa shape index (κ2) is 10.8. The van der Waals surface area contributed by atoms with Crippen LogP contribution < -0.4 is 9.64 Å². The van der Waals surface area contributed by atoms with E-state index in [2.05, 4.69) is 9.72 Å². The standard InChI is InChI=1S/C24H22F2N2O4S/c1-15-4-10-21(16(2)12-15)28(17(3)29)24-27-19(14-33-24)13-31-22(30)11-7-18-5-8-20(9-6-18)32-23(25)26/h4-12,14,23H,13H2,1-3H3/b11-7+. The summed E-state index contributed by atoms with van der Waals surface area (Å²) < 4.78 is 33.9. The lowest BCUT2D eigenvalue weighted by Crippen LogP contribution is -2.23. The molecule has 3 aromatic rings. The van der Waals surface area contributed by atoms with E-state index in [4.69, 9.17) is 4.74 Å². The first-order chi connectivity index (χ1) is 15.7. The zero-order valence-electron chi connectivity index (χ0n) is 18.2. The van der Waals surface area contributed by atoms with Crippen molar-refractivity contribution in [3.63, 3.8) is 0 Å². The number of amides is 1. The number of alkyl halides is 2. The van der Waals surface area contributed by atoms with Crippen LogP contribution in [0.25, 0.3) is 6.08 Å². The van der Waals surface area contributed by atoms with Crippen LogP contribution in [0.5, 0.6) is 5.75 Å². The molecule has 6 nitrogen and oxygen atoms in total. The van der Waals surface area contributed by atoms with Gasteiger partial charge in [-0.05, 0) is 49.2 Å². The van der Waals surface area contributed by atoms with E-state index in [9.17, 15) is 18.4 Å². The summed E-state index contributed by atoms with van der Waals surface area (Å²) in [6.45, 7) is 2.43. The van der Waals surface area contributed by atoms with Gasteiger partial charge < -0.3 is 9.47 Å². The maximum Gasteiger partial charge on any atom is 0.387 e. The fourth-order valence-corrected chi connectivity index (χ4v) is 3.91. The lowest BCUT2D eigenvalue weighted by Gasteiger charge is -2.20. The molecule has 0 unspecified atom stereocenters. The number of carbonyl (C=O) groups excluding carboxylic acids is 2. The van der Waals surface area contributed by atoms with Crippen molar-refractivity contribution < 1.29 is 27.8 Å². The molecule has 1 heterocycles. The number of ether oxygens (including phenoxy) is 2. The van der Waals surface area contributed by atoms with Crippen LogP contribution in [0.15, 0.2) is 53.9 Å². The summed E-state index contributed by atoms with van der Waals surface area (Å²) in [5, 5.41) is 2.22. The maximum absolute atomic E-state index is 12.3. The van der Waals surface area contributed by atoms with Crippen LogP contribution in [-0.2, 0) is 20.9 Å². The van der Waals surface area contributed by atoms with Crippen LogP contribution in [0.2, 0.25) is 0 Å². The van der Waals surface area contributed by atoms with Crippen molar-refractivity contribution in [3.05, 3.63) is 76.3 Å². The van der Waals surface area contributed by atoms with E-state index in [0.717, 1.165) is 16.8 Å². The number of carbonyl (C=O) groups is 2. The molecule has 0 atom stereocenters. The largest absolute Gasteiger partial charge is 0.456 e. The molecule has 0 saturated heterocycles. The molecule has 0 spiro atoms. The maximum atomic E-state index is 12.3. The van der Waals surface area contributed by atoms with E-state index in [1.807, 2.05) is 32.0 Å². The van der Waals surface area contributed by atoms with Gasteiger partial charge in [0.2, 0.25) is 5.91 Å². The number of hydrogen-bond donors (Lipinski definition) is 0. The number of benzene rings is 2. The summed E-state index contributed by atoms with van der Waals surface area (Å²) >= 11 is 1.28. The van der Waals surface area contributed by atoms with Crippen LogP contribution >= 0.6 is 11.3 Å². The van der Waals surface area contributed by atoms with Gasteiger partial charge in [0, 0.05) is 18.4 Å². The highest BCUT2D eigenvalue weighted by Crippen LogP contribution is 2.31. The molecule has 0 saturated carbocycles. The Kier molecular flexibility index (Phi) is 7.89. The zero-order valence-corrected chi connectivity index (χ0v) is 19.1. The average Bonchev–Trinajstić information content (AvgIpc) is 3.21. The second-order valence-corrected chi connectivity index (χ2v) is 7.99. The summed E-state index contributed by atoms with van der Waals surface area (Å²) in [6, 6.07) is 11.6. The first-order valence-corrected chi connectivity index (χ1v) is 10.8. The topological polar surface area (TPSA) is 68.7 Å². The molecule has 33 heavy (non-hydrogen) atoms. The normalized spacial score (nSPS) is 11.1. The third-order valence-electron chi connectivity index (χ3n) is 4.52. The quantitative estimate of drug-likeness (QED) is 0.306. The Labute approximate surface area is 194 Å². The van der Waals surface area contributed by atoms with Crippen molar-refractivity contribution in [3.8, 4) is 5.75 Å². The summed E-state index contributed by atoms with van der Waals surface area (Å²) in [4.78, 5) is 30.3. The highest BCUT2D eigenvalue weighted by Gasteiger charge is 2.20. The van der Waals surface area contributed by atoms with Crippen molar-refractivity contribution in [2.75, 3.05) is 4.90 Å². The fraction of sp³-hybridized carbons (Fsp3) is 0.208. The van der Waals surface area contributed by atoms with Crippen molar-refractivity contribution in [1.82, 2.24) is 4.98 Å². The number of aryl methyl sites for hydroxylation is 2. The van der Waals surface area contributed by atoms with E-state index in [-0.39, 0.29) is 18.3 Å². The van der Waals surface area contributed by atoms with Gasteiger partial charge in [0.25, 0.3) is 0 Å². The van der Waals surface area contributed by atoms with Gasteiger partial charge in [-0.15, -0.1) is 11.3 Å². The van der Waals surface area contributed by atoms with E-state index in [1.165, 1.54) is 59.6 Å². The SMILES string of the molecule is CC(=O)N(c1nc(COC(=O)/C=C/c2ccc(OC(F)F)cc2)cs1)c1ccc(C)cc1C. The van der Waals surface area contributed by atoms with Crippen molar-refractivity contribution in [1.29, 1.82) is 0 Å². The first-order valence-electron chi connectivity index (χ1n) is 9.95. The fourth-order valence-electron chi connectivity index (χ4n) is 3.05.